The van der Waals surface area contributed by atoms with E-state index in [-0.39, 0.29) is 0 Å². The number of benzene rings is 8. The van der Waals surface area contributed by atoms with Gasteiger partial charge >= 0.3 is 623 Å². The third kappa shape index (κ3) is 11.8. The van der Waals surface area contributed by atoms with Gasteiger partial charge in [-0.3, -0.25) is 0 Å². The molecule has 544 valence electrons. The molecule has 0 N–H and O–H groups in total. The van der Waals surface area contributed by atoms with Gasteiger partial charge in [-0.15, -0.1) is 0 Å². The van der Waals surface area contributed by atoms with Crippen molar-refractivity contribution in [1.29, 1.82) is 0 Å². The van der Waals surface area contributed by atoms with Gasteiger partial charge in [-0.25, -0.2) is 0 Å². The molecule has 14 rings (SSSR count). The molecule has 12 nitrogen and oxygen atoms in total. The summed E-state index contributed by atoms with van der Waals surface area (Å²) < 4.78 is 106. The predicted molar refractivity (Wildman–Crippen MR) is 433 cm³/mol. The molecular formula is C84H108O12S4Sn. The number of hydrogen-bond acceptors (Lipinski definition) is 16. The summed E-state index contributed by atoms with van der Waals surface area (Å²) in [6, 6.07) is 0. The standard InChI is InChI=1S/2C42H54O6S2.Sn/c2*1-7-13-19-43-29-25-27-28-26-30(44-20-14-8-2)36(46-22-16-10-4)40-32(28)34-33-31(27)39(35(29)45-21-15-9-3)49-41(33)37(47-23-17-11-5)38(42(34)50-40)48-24-18-12-6;/h2*7-24H2,1-6H3;. The molecule has 6 heterocycles. The Morgan fingerprint density at radius 3 is 0.426 bits per heavy atom. The number of hydrogen-bond donors (Lipinski definition) is 0. The average molecular weight is 1560 g/mol. The van der Waals surface area contributed by atoms with Gasteiger partial charge in [0.25, 0.3) is 0 Å². The first-order chi connectivity index (χ1) is 49.8. The van der Waals surface area contributed by atoms with Crippen LogP contribution in [0.4, 0.5) is 0 Å². The zero-order valence-electron chi connectivity index (χ0n) is 62.5. The third-order valence-corrected chi connectivity index (χ3v) is 39.6. The summed E-state index contributed by atoms with van der Waals surface area (Å²) in [4.78, 5) is 0. The van der Waals surface area contributed by atoms with Crippen molar-refractivity contribution in [3.63, 3.8) is 0 Å². The predicted octanol–water partition coefficient (Wildman–Crippen LogP) is 23.4. The Morgan fingerprint density at radius 2 is 0.287 bits per heavy atom. The summed E-state index contributed by atoms with van der Waals surface area (Å²) in [7, 11) is 0. The van der Waals surface area contributed by atoms with Crippen LogP contribution in [0.15, 0.2) is 0 Å². The average Bonchev–Trinajstić information content (AvgIpc) is 1.44. The van der Waals surface area contributed by atoms with Crippen LogP contribution in [-0.2, 0) is 0 Å². The SMILES string of the molecule is CCCCOc1c(OCCCC)c2sc3c(OCCCC)c(OCCCC)c4sc5c(OCCCC)c(OCCCC)[c]6c7c([c]1[Sn]61[c]6c(OCCCC)c(OCCCC)c8sc9c(OCCCC)c(OCCCC)c%10sc%11c(OCCCC)c(OCCCC)[c]1c1c6c8c9c%10c%111)c2c3c4c57. The number of unbranched alkanes of at least 4 members (excludes halogenated alkanes) is 12. The zero-order valence-corrected chi connectivity index (χ0v) is 68.6. The molecule has 0 amide bonds. The molecule has 0 saturated carbocycles. The quantitative estimate of drug-likeness (QED) is 0.0206. The van der Waals surface area contributed by atoms with Crippen LogP contribution in [0.1, 0.15) is 237 Å². The summed E-state index contributed by atoms with van der Waals surface area (Å²) in [5.74, 6) is 9.88. The van der Waals surface area contributed by atoms with Gasteiger partial charge in [-0.2, -0.15) is 0 Å². The molecule has 2 aliphatic heterocycles. The second-order valence-corrected chi connectivity index (χ2v) is 42.2. The van der Waals surface area contributed by atoms with Crippen molar-refractivity contribution in [2.45, 2.75) is 237 Å². The maximum absolute atomic E-state index is 8.05. The summed E-state index contributed by atoms with van der Waals surface area (Å²) >= 11 is 1.36. The molecule has 101 heavy (non-hydrogen) atoms. The topological polar surface area (TPSA) is 111 Å². The van der Waals surface area contributed by atoms with Gasteiger partial charge < -0.3 is 0 Å². The van der Waals surface area contributed by atoms with E-state index in [1.54, 1.807) is 0 Å². The zero-order chi connectivity index (χ0) is 70.1. The molecule has 12 aromatic rings. The fraction of sp³-hybridized carbons (Fsp3) is 0.571. The van der Waals surface area contributed by atoms with Crippen molar-refractivity contribution >= 4 is 180 Å². The second kappa shape index (κ2) is 32.1. The van der Waals surface area contributed by atoms with Crippen LogP contribution in [0.3, 0.4) is 0 Å². The van der Waals surface area contributed by atoms with Gasteiger partial charge in [0.2, 0.25) is 0 Å². The van der Waals surface area contributed by atoms with E-state index >= 15 is 0 Å². The van der Waals surface area contributed by atoms with Gasteiger partial charge in [-0.1, -0.05) is 0 Å². The normalized spacial score (nSPS) is 13.3. The maximum atomic E-state index is 8.05. The first-order valence-electron chi connectivity index (χ1n) is 39.5. The molecule has 0 fully saturated rings. The van der Waals surface area contributed by atoms with Crippen LogP contribution in [0.5, 0.6) is 69.0 Å². The van der Waals surface area contributed by atoms with E-state index < -0.39 is 18.4 Å². The molecule has 17 heteroatoms. The molecule has 4 aromatic heterocycles. The second-order valence-electron chi connectivity index (χ2n) is 28.2. The van der Waals surface area contributed by atoms with Gasteiger partial charge in [-0.05, 0) is 0 Å². The molecular weight excluding hydrogens is 1450 g/mol. The van der Waals surface area contributed by atoms with Gasteiger partial charge in [0.15, 0.2) is 0 Å². The van der Waals surface area contributed by atoms with Gasteiger partial charge in [0.05, 0.1) is 0 Å². The summed E-state index contributed by atoms with van der Waals surface area (Å²) in [5, 5.41) is 14.5. The molecule has 0 unspecified atom stereocenters. The van der Waals surface area contributed by atoms with Crippen LogP contribution in [0.25, 0.3) is 102 Å². The van der Waals surface area contributed by atoms with Crippen LogP contribution >= 0.6 is 45.3 Å². The Kier molecular flexibility index (Phi) is 23.1. The molecule has 0 saturated heterocycles. The number of ether oxygens (including phenoxy) is 12. The van der Waals surface area contributed by atoms with Gasteiger partial charge in [0, 0.05) is 0 Å². The van der Waals surface area contributed by atoms with Crippen LogP contribution in [0.2, 0.25) is 0 Å². The van der Waals surface area contributed by atoms with Crippen LogP contribution < -0.4 is 71.2 Å². The van der Waals surface area contributed by atoms with E-state index in [4.69, 9.17) is 56.8 Å². The van der Waals surface area contributed by atoms with Gasteiger partial charge in [0.1, 0.15) is 0 Å². The van der Waals surface area contributed by atoms with Crippen molar-refractivity contribution in [2.75, 3.05) is 79.3 Å². The van der Waals surface area contributed by atoms with Crippen molar-refractivity contribution in [1.82, 2.24) is 0 Å². The minimum atomic E-state index is -5.87. The Morgan fingerprint density at radius 1 is 0.168 bits per heavy atom. The van der Waals surface area contributed by atoms with Crippen molar-refractivity contribution in [3.8, 4) is 69.0 Å². The summed E-state index contributed by atoms with van der Waals surface area (Å²) in [6.45, 7) is 33.4. The van der Waals surface area contributed by atoms with Crippen molar-refractivity contribution in [3.05, 3.63) is 0 Å². The van der Waals surface area contributed by atoms with E-state index in [1.807, 2.05) is 45.3 Å². The Bertz CT molecular complexity index is 4220. The Balaban J connectivity index is 1.32. The first kappa shape index (κ1) is 72.5. The fourth-order valence-corrected chi connectivity index (χ4v) is 38.4. The molecule has 0 atom stereocenters. The van der Waals surface area contributed by atoms with E-state index in [1.165, 1.54) is 79.0 Å². The van der Waals surface area contributed by atoms with E-state index in [0.717, 1.165) is 261 Å². The van der Waals surface area contributed by atoms with E-state index in [2.05, 4.69) is 83.1 Å². The fourth-order valence-electron chi connectivity index (χ4n) is 15.7. The van der Waals surface area contributed by atoms with Crippen LogP contribution in [0, 0.1) is 0 Å². The Labute approximate surface area is 617 Å². The summed E-state index contributed by atoms with van der Waals surface area (Å²) in [6.07, 6.45) is 22.3. The van der Waals surface area contributed by atoms with Crippen molar-refractivity contribution < 1.29 is 56.8 Å². The Hall–Kier alpha value is -5.40. The molecule has 0 aliphatic carbocycles. The number of rotatable bonds is 48. The van der Waals surface area contributed by atoms with Crippen LogP contribution in [-0.4, -0.2) is 97.7 Å². The molecule has 2 aliphatic rings. The van der Waals surface area contributed by atoms with E-state index in [0.29, 0.717) is 79.3 Å². The monoisotopic (exact) mass is 1560 g/mol. The molecule has 8 aromatic carbocycles. The summed E-state index contributed by atoms with van der Waals surface area (Å²) in [5.41, 5.74) is 0. The third-order valence-electron chi connectivity index (χ3n) is 20.9. The first-order valence-corrected chi connectivity index (χ1v) is 48.5. The molecule has 0 bridgehead atoms. The van der Waals surface area contributed by atoms with Crippen molar-refractivity contribution in [2.24, 2.45) is 0 Å². The minimum absolute atomic E-state index is 0.495. The number of fused-ring (bicyclic) bond motifs is 4. The van der Waals surface area contributed by atoms with E-state index in [9.17, 15) is 0 Å². The number of thiophene rings is 4. The molecule has 1 spiro atoms. The molecule has 0 radical (unpaired) electrons.